The van der Waals surface area contributed by atoms with Gasteiger partial charge in [0.05, 0.1) is 10.6 Å². The van der Waals surface area contributed by atoms with Gasteiger partial charge in [-0.25, -0.2) is 9.37 Å². The average molecular weight is 412 g/mol. The highest BCUT2D eigenvalue weighted by molar-refractivity contribution is 7.13. The Labute approximate surface area is 172 Å². The Hall–Kier alpha value is -2.80. The first-order valence-electron chi connectivity index (χ1n) is 9.72. The molecule has 2 aromatic heterocycles. The standard InChI is InChI=1S/C22H22FN3O2S/c1-13-2-11-19(29-13)22(28)24-12-14-3-9-17-18(10-4-14)25-20(26-21(17)27)15-5-7-16(23)8-6-15/h2,5-8,11,14H,3-4,9-10,12H2,1H3,(H,24,28)(H,25,26,27). The number of rotatable bonds is 4. The van der Waals surface area contributed by atoms with E-state index in [9.17, 15) is 14.0 Å². The van der Waals surface area contributed by atoms with Gasteiger partial charge in [0.15, 0.2) is 0 Å². The lowest BCUT2D eigenvalue weighted by molar-refractivity contribution is 0.0950. The van der Waals surface area contributed by atoms with Crippen molar-refractivity contribution in [1.29, 1.82) is 0 Å². The van der Waals surface area contributed by atoms with E-state index in [2.05, 4.69) is 15.3 Å². The summed E-state index contributed by atoms with van der Waals surface area (Å²) >= 11 is 1.49. The lowest BCUT2D eigenvalue weighted by atomic mass is 10.00. The summed E-state index contributed by atoms with van der Waals surface area (Å²) in [6.45, 7) is 2.57. The minimum atomic E-state index is -0.326. The molecule has 0 aliphatic heterocycles. The van der Waals surface area contributed by atoms with E-state index in [0.29, 0.717) is 36.7 Å². The fourth-order valence-electron chi connectivity index (χ4n) is 3.67. The Morgan fingerprint density at radius 2 is 1.97 bits per heavy atom. The van der Waals surface area contributed by atoms with Crippen LogP contribution >= 0.6 is 11.3 Å². The van der Waals surface area contributed by atoms with Crippen LogP contribution < -0.4 is 10.9 Å². The zero-order valence-electron chi connectivity index (χ0n) is 16.1. The summed E-state index contributed by atoms with van der Waals surface area (Å²) in [5.74, 6) is 0.393. The molecule has 2 heterocycles. The van der Waals surface area contributed by atoms with Crippen molar-refractivity contribution in [2.24, 2.45) is 5.92 Å². The van der Waals surface area contributed by atoms with Crippen LogP contribution in [0, 0.1) is 18.7 Å². The van der Waals surface area contributed by atoms with Crippen LogP contribution in [0.3, 0.4) is 0 Å². The fraction of sp³-hybridized carbons (Fsp3) is 0.318. The summed E-state index contributed by atoms with van der Waals surface area (Å²) in [4.78, 5) is 34.2. The fourth-order valence-corrected chi connectivity index (χ4v) is 4.46. The number of hydrogen-bond acceptors (Lipinski definition) is 4. The Bertz CT molecular complexity index is 1090. The van der Waals surface area contributed by atoms with Crippen LogP contribution in [0.15, 0.2) is 41.2 Å². The van der Waals surface area contributed by atoms with Crippen molar-refractivity contribution in [2.45, 2.75) is 32.6 Å². The third-order valence-electron chi connectivity index (χ3n) is 5.33. The second-order valence-electron chi connectivity index (χ2n) is 7.41. The SMILES string of the molecule is Cc1ccc(C(=O)NCC2CCc3nc(-c4ccc(F)cc4)[nH]c(=O)c3CC2)s1. The van der Waals surface area contributed by atoms with Gasteiger partial charge in [0.1, 0.15) is 11.6 Å². The molecule has 7 heteroatoms. The molecular weight excluding hydrogens is 389 g/mol. The van der Waals surface area contributed by atoms with Gasteiger partial charge in [0.25, 0.3) is 11.5 Å². The lowest BCUT2D eigenvalue weighted by Gasteiger charge is -2.14. The zero-order chi connectivity index (χ0) is 20.4. The molecule has 0 saturated carbocycles. The van der Waals surface area contributed by atoms with E-state index in [4.69, 9.17) is 0 Å². The molecule has 1 amide bonds. The molecule has 1 aliphatic rings. The predicted octanol–water partition coefficient (Wildman–Crippen LogP) is 3.87. The number of aryl methyl sites for hydroxylation is 2. The molecule has 29 heavy (non-hydrogen) atoms. The van der Waals surface area contributed by atoms with Gasteiger partial charge in [0.2, 0.25) is 0 Å². The molecule has 0 spiro atoms. The van der Waals surface area contributed by atoms with Crippen molar-refractivity contribution in [3.8, 4) is 11.4 Å². The number of amides is 1. The number of hydrogen-bond donors (Lipinski definition) is 2. The number of H-pyrrole nitrogens is 1. The number of aromatic nitrogens is 2. The molecular formula is C22H22FN3O2S. The second-order valence-corrected chi connectivity index (χ2v) is 8.70. The monoisotopic (exact) mass is 411 g/mol. The molecule has 0 fully saturated rings. The normalized spacial score (nSPS) is 16.1. The number of carbonyl (C=O) groups is 1. The maximum absolute atomic E-state index is 13.2. The highest BCUT2D eigenvalue weighted by Gasteiger charge is 2.21. The summed E-state index contributed by atoms with van der Waals surface area (Å²) in [6.07, 6.45) is 3.01. The summed E-state index contributed by atoms with van der Waals surface area (Å²) in [6, 6.07) is 9.73. The summed E-state index contributed by atoms with van der Waals surface area (Å²) in [5.41, 5.74) is 2.08. The molecule has 0 radical (unpaired) electrons. The van der Waals surface area contributed by atoms with Gasteiger partial charge >= 0.3 is 0 Å². The van der Waals surface area contributed by atoms with Gasteiger partial charge in [-0.05, 0) is 74.9 Å². The number of nitrogens with zero attached hydrogens (tertiary/aromatic N) is 1. The third kappa shape index (κ3) is 4.45. The van der Waals surface area contributed by atoms with Crippen molar-refractivity contribution in [3.05, 3.63) is 73.6 Å². The molecule has 3 aromatic rings. The Morgan fingerprint density at radius 1 is 1.21 bits per heavy atom. The molecule has 0 bridgehead atoms. The van der Waals surface area contributed by atoms with E-state index in [0.717, 1.165) is 33.9 Å². The topological polar surface area (TPSA) is 74.8 Å². The van der Waals surface area contributed by atoms with Gasteiger partial charge in [-0.15, -0.1) is 11.3 Å². The number of fused-ring (bicyclic) bond motifs is 1. The maximum Gasteiger partial charge on any atom is 0.261 e. The first kappa shape index (κ1) is 19.5. The predicted molar refractivity (Wildman–Crippen MR) is 112 cm³/mol. The Kier molecular flexibility index (Phi) is 5.58. The smallest absolute Gasteiger partial charge is 0.261 e. The molecule has 1 unspecified atom stereocenters. The zero-order valence-corrected chi connectivity index (χ0v) is 16.9. The first-order chi connectivity index (χ1) is 14.0. The van der Waals surface area contributed by atoms with E-state index in [1.165, 1.54) is 23.5 Å². The van der Waals surface area contributed by atoms with Crippen LogP contribution in [0.5, 0.6) is 0 Å². The number of carbonyl (C=O) groups excluding carboxylic acids is 1. The Morgan fingerprint density at radius 3 is 2.69 bits per heavy atom. The number of aromatic amines is 1. The largest absolute Gasteiger partial charge is 0.351 e. The van der Waals surface area contributed by atoms with Gasteiger partial charge in [-0.1, -0.05) is 0 Å². The summed E-state index contributed by atoms with van der Waals surface area (Å²) in [7, 11) is 0. The van der Waals surface area contributed by atoms with Crippen molar-refractivity contribution >= 4 is 17.2 Å². The molecule has 0 saturated heterocycles. The second kappa shape index (κ2) is 8.29. The van der Waals surface area contributed by atoms with Crippen molar-refractivity contribution in [2.75, 3.05) is 6.54 Å². The summed E-state index contributed by atoms with van der Waals surface area (Å²) < 4.78 is 13.2. The van der Waals surface area contributed by atoms with Gasteiger partial charge in [0, 0.05) is 22.5 Å². The minimum absolute atomic E-state index is 0.0422. The number of benzene rings is 1. The van der Waals surface area contributed by atoms with Crippen LogP contribution in [0.4, 0.5) is 4.39 Å². The minimum Gasteiger partial charge on any atom is -0.351 e. The highest BCUT2D eigenvalue weighted by atomic mass is 32.1. The summed E-state index contributed by atoms with van der Waals surface area (Å²) in [5, 5.41) is 3.02. The van der Waals surface area contributed by atoms with Gasteiger partial charge < -0.3 is 10.3 Å². The lowest BCUT2D eigenvalue weighted by Crippen LogP contribution is -2.29. The van der Waals surface area contributed by atoms with Crippen LogP contribution in [0.2, 0.25) is 0 Å². The van der Waals surface area contributed by atoms with E-state index in [1.54, 1.807) is 12.1 Å². The quantitative estimate of drug-likeness (QED) is 0.640. The average Bonchev–Trinajstić information content (AvgIpc) is 3.03. The van der Waals surface area contributed by atoms with Crippen LogP contribution in [-0.2, 0) is 12.8 Å². The van der Waals surface area contributed by atoms with Crippen LogP contribution in [0.25, 0.3) is 11.4 Å². The van der Waals surface area contributed by atoms with Gasteiger partial charge in [-0.3, -0.25) is 9.59 Å². The first-order valence-corrected chi connectivity index (χ1v) is 10.5. The van der Waals surface area contributed by atoms with Crippen molar-refractivity contribution in [3.63, 3.8) is 0 Å². The van der Waals surface area contributed by atoms with Crippen LogP contribution in [0.1, 0.15) is 38.6 Å². The molecule has 150 valence electrons. The maximum atomic E-state index is 13.2. The number of halogens is 1. The molecule has 2 N–H and O–H groups in total. The highest BCUT2D eigenvalue weighted by Crippen LogP contribution is 2.23. The van der Waals surface area contributed by atoms with E-state index >= 15 is 0 Å². The number of thiophene rings is 1. The van der Waals surface area contributed by atoms with Crippen molar-refractivity contribution in [1.82, 2.24) is 15.3 Å². The van der Waals surface area contributed by atoms with E-state index in [1.807, 2.05) is 19.1 Å². The van der Waals surface area contributed by atoms with Crippen LogP contribution in [-0.4, -0.2) is 22.4 Å². The third-order valence-corrected chi connectivity index (χ3v) is 6.33. The number of nitrogens with one attached hydrogen (secondary N) is 2. The molecule has 4 rings (SSSR count). The van der Waals surface area contributed by atoms with E-state index in [-0.39, 0.29) is 17.3 Å². The molecule has 1 aromatic carbocycles. The Balaban J connectivity index is 1.44. The van der Waals surface area contributed by atoms with Gasteiger partial charge in [-0.2, -0.15) is 0 Å². The molecule has 1 atom stereocenters. The molecule has 1 aliphatic carbocycles. The van der Waals surface area contributed by atoms with E-state index < -0.39 is 0 Å². The van der Waals surface area contributed by atoms with Crippen molar-refractivity contribution < 1.29 is 9.18 Å². The molecule has 5 nitrogen and oxygen atoms in total.